The van der Waals surface area contributed by atoms with Gasteiger partial charge in [0.2, 0.25) is 0 Å². The van der Waals surface area contributed by atoms with E-state index in [-0.39, 0.29) is 0 Å². The maximum Gasteiger partial charge on any atom is 0.328 e. The molecule has 0 aliphatic rings. The van der Waals surface area contributed by atoms with Crippen molar-refractivity contribution in [3.63, 3.8) is 0 Å². The molecular formula is C15H14ClNO3S. The van der Waals surface area contributed by atoms with Gasteiger partial charge >= 0.3 is 5.97 Å². The summed E-state index contributed by atoms with van der Waals surface area (Å²) in [6, 6.07) is 5.08. The first-order valence-corrected chi connectivity index (χ1v) is 7.61. The predicted octanol–water partition coefficient (Wildman–Crippen LogP) is 4.04. The Balaban J connectivity index is 2.13. The van der Waals surface area contributed by atoms with Crippen LogP contribution >= 0.6 is 22.9 Å². The van der Waals surface area contributed by atoms with Crippen LogP contribution in [0.25, 0.3) is 6.08 Å². The van der Waals surface area contributed by atoms with E-state index in [2.05, 4.69) is 11.9 Å². The highest BCUT2D eigenvalue weighted by atomic mass is 35.5. The number of hydrogen-bond acceptors (Lipinski definition) is 4. The summed E-state index contributed by atoms with van der Waals surface area (Å²) >= 11 is 7.53. The molecular weight excluding hydrogens is 310 g/mol. The van der Waals surface area contributed by atoms with E-state index in [1.807, 2.05) is 5.38 Å². The monoisotopic (exact) mass is 323 g/mol. The average molecular weight is 324 g/mol. The minimum atomic E-state index is -1.02. The number of carbonyl (C=O) groups is 1. The maximum atomic E-state index is 10.6. The quantitative estimate of drug-likeness (QED) is 0.815. The second kappa shape index (κ2) is 7.24. The maximum absolute atomic E-state index is 10.6. The largest absolute Gasteiger partial charge is 0.487 e. The van der Waals surface area contributed by atoms with E-state index in [1.54, 1.807) is 29.5 Å². The lowest BCUT2D eigenvalue weighted by atomic mass is 10.2. The Labute approximate surface area is 131 Å². The van der Waals surface area contributed by atoms with E-state index in [4.69, 9.17) is 21.4 Å². The summed E-state index contributed by atoms with van der Waals surface area (Å²) in [6.07, 6.45) is 3.41. The summed E-state index contributed by atoms with van der Waals surface area (Å²) < 4.78 is 5.71. The fourth-order valence-electron chi connectivity index (χ4n) is 1.67. The Bertz CT molecular complexity index is 667. The van der Waals surface area contributed by atoms with E-state index < -0.39 is 5.97 Å². The first kappa shape index (κ1) is 15.5. The minimum absolute atomic E-state index is 0.339. The number of ether oxygens (including phenoxy) is 1. The van der Waals surface area contributed by atoms with Gasteiger partial charge in [-0.25, -0.2) is 9.78 Å². The van der Waals surface area contributed by atoms with Gasteiger partial charge in [-0.15, -0.1) is 11.3 Å². The van der Waals surface area contributed by atoms with Crippen molar-refractivity contribution < 1.29 is 14.6 Å². The van der Waals surface area contributed by atoms with Crippen LogP contribution < -0.4 is 4.74 Å². The second-order valence-electron chi connectivity index (χ2n) is 4.23. The Morgan fingerprint density at radius 3 is 3.00 bits per heavy atom. The van der Waals surface area contributed by atoms with Crippen molar-refractivity contribution >= 4 is 35.0 Å². The van der Waals surface area contributed by atoms with Crippen LogP contribution in [0.2, 0.25) is 5.02 Å². The summed E-state index contributed by atoms with van der Waals surface area (Å²) in [5, 5.41) is 12.3. The van der Waals surface area contributed by atoms with Gasteiger partial charge in [-0.3, -0.25) is 0 Å². The fourth-order valence-corrected chi connectivity index (χ4v) is 2.58. The number of aromatic nitrogens is 1. The van der Waals surface area contributed by atoms with Crippen LogP contribution in [-0.2, 0) is 17.8 Å². The molecule has 0 fully saturated rings. The standard InChI is InChI=1S/C15H14ClNO3S/c1-2-14-17-12(9-21-14)8-20-13-5-4-11(16)7-10(13)3-6-15(18)19/h3-7,9H,2,8H2,1H3,(H,18,19). The van der Waals surface area contributed by atoms with Crippen molar-refractivity contribution in [2.45, 2.75) is 20.0 Å². The molecule has 0 aliphatic carbocycles. The number of thiazole rings is 1. The Morgan fingerprint density at radius 2 is 2.33 bits per heavy atom. The number of aryl methyl sites for hydroxylation is 1. The molecule has 0 unspecified atom stereocenters. The molecule has 2 rings (SSSR count). The van der Waals surface area contributed by atoms with Gasteiger partial charge in [0.15, 0.2) is 0 Å². The number of aliphatic carboxylic acids is 1. The van der Waals surface area contributed by atoms with E-state index in [9.17, 15) is 4.79 Å². The highest BCUT2D eigenvalue weighted by molar-refractivity contribution is 7.09. The van der Waals surface area contributed by atoms with Crippen molar-refractivity contribution in [2.24, 2.45) is 0 Å². The number of carboxylic acid groups (broad SMARTS) is 1. The van der Waals surface area contributed by atoms with Crippen LogP contribution in [0.4, 0.5) is 0 Å². The third-order valence-electron chi connectivity index (χ3n) is 2.65. The van der Waals surface area contributed by atoms with Gasteiger partial charge in [-0.1, -0.05) is 18.5 Å². The zero-order valence-corrected chi connectivity index (χ0v) is 12.9. The molecule has 0 spiro atoms. The minimum Gasteiger partial charge on any atom is -0.487 e. The van der Waals surface area contributed by atoms with Crippen LogP contribution in [0.5, 0.6) is 5.75 Å². The molecule has 1 N–H and O–H groups in total. The SMILES string of the molecule is CCc1nc(COc2ccc(Cl)cc2C=CC(=O)O)cs1. The number of carboxylic acids is 1. The third kappa shape index (κ3) is 4.58. The van der Waals surface area contributed by atoms with Crippen LogP contribution in [-0.4, -0.2) is 16.1 Å². The zero-order chi connectivity index (χ0) is 15.2. The molecule has 0 aliphatic heterocycles. The second-order valence-corrected chi connectivity index (χ2v) is 5.61. The van der Waals surface area contributed by atoms with Gasteiger partial charge in [-0.2, -0.15) is 0 Å². The molecule has 0 amide bonds. The number of nitrogens with zero attached hydrogens (tertiary/aromatic N) is 1. The molecule has 0 saturated heterocycles. The summed E-state index contributed by atoms with van der Waals surface area (Å²) in [4.78, 5) is 15.0. The molecule has 1 aromatic heterocycles. The molecule has 110 valence electrons. The van der Waals surface area contributed by atoms with Gasteiger partial charge in [0.1, 0.15) is 12.4 Å². The van der Waals surface area contributed by atoms with E-state index in [0.29, 0.717) is 22.9 Å². The van der Waals surface area contributed by atoms with Gasteiger partial charge < -0.3 is 9.84 Å². The molecule has 0 atom stereocenters. The first-order chi connectivity index (χ1) is 10.1. The van der Waals surface area contributed by atoms with E-state index in [1.165, 1.54) is 6.08 Å². The zero-order valence-electron chi connectivity index (χ0n) is 11.4. The summed E-state index contributed by atoms with van der Waals surface area (Å²) in [5.41, 5.74) is 1.48. The van der Waals surface area contributed by atoms with Gasteiger partial charge in [0.25, 0.3) is 0 Å². The predicted molar refractivity (Wildman–Crippen MR) is 83.9 cm³/mol. The molecule has 0 saturated carbocycles. The van der Waals surface area contributed by atoms with Crippen molar-refractivity contribution in [1.82, 2.24) is 4.98 Å². The van der Waals surface area contributed by atoms with E-state index in [0.717, 1.165) is 23.2 Å². The molecule has 21 heavy (non-hydrogen) atoms. The Kier molecular flexibility index (Phi) is 5.36. The van der Waals surface area contributed by atoms with Crippen molar-refractivity contribution in [2.75, 3.05) is 0 Å². The average Bonchev–Trinajstić information content (AvgIpc) is 2.92. The Hall–Kier alpha value is -1.85. The highest BCUT2D eigenvalue weighted by Gasteiger charge is 2.06. The first-order valence-electron chi connectivity index (χ1n) is 6.35. The molecule has 1 aromatic carbocycles. The van der Waals surface area contributed by atoms with Crippen LogP contribution in [0.15, 0.2) is 29.7 Å². The number of halogens is 1. The van der Waals surface area contributed by atoms with Crippen LogP contribution in [0, 0.1) is 0 Å². The summed E-state index contributed by atoms with van der Waals surface area (Å²) in [6.45, 7) is 2.39. The molecule has 4 nitrogen and oxygen atoms in total. The van der Waals surface area contributed by atoms with Gasteiger partial charge in [-0.05, 0) is 30.7 Å². The molecule has 6 heteroatoms. The van der Waals surface area contributed by atoms with Gasteiger partial charge in [0.05, 0.1) is 10.7 Å². The highest BCUT2D eigenvalue weighted by Crippen LogP contribution is 2.25. The lowest BCUT2D eigenvalue weighted by molar-refractivity contribution is -0.131. The number of rotatable bonds is 6. The van der Waals surface area contributed by atoms with Gasteiger partial charge in [0, 0.05) is 22.0 Å². The fraction of sp³-hybridized carbons (Fsp3) is 0.200. The molecule has 2 aromatic rings. The van der Waals surface area contributed by atoms with Crippen molar-refractivity contribution in [3.05, 3.63) is 50.9 Å². The lowest BCUT2D eigenvalue weighted by Crippen LogP contribution is -1.98. The number of hydrogen-bond donors (Lipinski definition) is 1. The van der Waals surface area contributed by atoms with E-state index >= 15 is 0 Å². The smallest absolute Gasteiger partial charge is 0.328 e. The summed E-state index contributed by atoms with van der Waals surface area (Å²) in [7, 11) is 0. The Morgan fingerprint density at radius 1 is 1.52 bits per heavy atom. The van der Waals surface area contributed by atoms with Crippen molar-refractivity contribution in [3.8, 4) is 5.75 Å². The normalized spacial score (nSPS) is 11.0. The van der Waals surface area contributed by atoms with Crippen molar-refractivity contribution in [1.29, 1.82) is 0 Å². The molecule has 0 radical (unpaired) electrons. The van der Waals surface area contributed by atoms with Crippen LogP contribution in [0.3, 0.4) is 0 Å². The lowest BCUT2D eigenvalue weighted by Gasteiger charge is -2.08. The molecule has 0 bridgehead atoms. The third-order valence-corrected chi connectivity index (χ3v) is 3.93. The molecule has 1 heterocycles. The summed E-state index contributed by atoms with van der Waals surface area (Å²) in [5.74, 6) is -0.448. The van der Waals surface area contributed by atoms with Crippen LogP contribution in [0.1, 0.15) is 23.2 Å². The topological polar surface area (TPSA) is 59.4 Å². The number of benzene rings is 1.